The Bertz CT molecular complexity index is 1090. The largest absolute Gasteiger partial charge is 0.322 e. The van der Waals surface area contributed by atoms with Gasteiger partial charge in [0.2, 0.25) is 0 Å². The number of aromatic nitrogens is 2. The Balaban J connectivity index is 1.90. The predicted octanol–water partition coefficient (Wildman–Crippen LogP) is 2.98. The second kappa shape index (κ2) is 6.72. The van der Waals surface area contributed by atoms with Crippen molar-refractivity contribution in [2.24, 2.45) is 0 Å². The molecule has 1 aromatic heterocycles. The Morgan fingerprint density at radius 1 is 1.15 bits per heavy atom. The summed E-state index contributed by atoms with van der Waals surface area (Å²) in [6.07, 6.45) is 2.44. The van der Waals surface area contributed by atoms with Crippen molar-refractivity contribution in [3.63, 3.8) is 0 Å². The van der Waals surface area contributed by atoms with Crippen LogP contribution in [0.25, 0.3) is 5.69 Å². The van der Waals surface area contributed by atoms with Gasteiger partial charge in [-0.1, -0.05) is 18.2 Å². The van der Waals surface area contributed by atoms with Crippen molar-refractivity contribution in [3.8, 4) is 5.69 Å². The lowest BCUT2D eigenvalue weighted by atomic mass is 10.2. The molecule has 8 heteroatoms. The van der Waals surface area contributed by atoms with E-state index in [1.54, 1.807) is 37.3 Å². The fourth-order valence-corrected chi connectivity index (χ4v) is 3.17. The molecule has 0 saturated heterocycles. The molecule has 0 aliphatic carbocycles. The van der Waals surface area contributed by atoms with E-state index in [-0.39, 0.29) is 16.1 Å². The monoisotopic (exact) mass is 373 g/mol. The number of sulfone groups is 1. The fourth-order valence-electron chi connectivity index (χ4n) is 2.50. The summed E-state index contributed by atoms with van der Waals surface area (Å²) in [5, 5.41) is 6.73. The summed E-state index contributed by atoms with van der Waals surface area (Å²) < 4.78 is 38.5. The third kappa shape index (κ3) is 3.50. The smallest absolute Gasteiger partial charge is 0.259 e. The molecule has 0 fully saturated rings. The molecule has 134 valence electrons. The molecule has 0 radical (unpaired) electrons. The number of anilines is 1. The van der Waals surface area contributed by atoms with Crippen LogP contribution in [-0.4, -0.2) is 30.4 Å². The van der Waals surface area contributed by atoms with Crippen LogP contribution >= 0.6 is 0 Å². The van der Waals surface area contributed by atoms with Crippen molar-refractivity contribution in [1.29, 1.82) is 0 Å². The molecule has 0 atom stereocenters. The van der Waals surface area contributed by atoms with Gasteiger partial charge in [0.05, 0.1) is 22.3 Å². The predicted molar refractivity (Wildman–Crippen MR) is 95.8 cm³/mol. The maximum absolute atomic E-state index is 14.0. The first kappa shape index (κ1) is 17.8. The molecule has 3 aromatic rings. The second-order valence-corrected chi connectivity index (χ2v) is 7.78. The molecular weight excluding hydrogens is 357 g/mol. The van der Waals surface area contributed by atoms with Gasteiger partial charge in [-0.2, -0.15) is 5.10 Å². The molecule has 0 spiro atoms. The summed E-state index contributed by atoms with van der Waals surface area (Å²) in [6.45, 7) is 1.65. The van der Waals surface area contributed by atoms with E-state index >= 15 is 0 Å². The van der Waals surface area contributed by atoms with Crippen molar-refractivity contribution in [1.82, 2.24) is 9.78 Å². The maximum atomic E-state index is 14.0. The molecule has 1 heterocycles. The number of hydrogen-bond donors (Lipinski definition) is 1. The van der Waals surface area contributed by atoms with Crippen LogP contribution in [0.2, 0.25) is 0 Å². The summed E-state index contributed by atoms with van der Waals surface area (Å²) in [5.41, 5.74) is 1.31. The Hall–Kier alpha value is -3.00. The van der Waals surface area contributed by atoms with E-state index in [1.807, 2.05) is 0 Å². The van der Waals surface area contributed by atoms with Crippen molar-refractivity contribution in [2.45, 2.75) is 11.8 Å². The molecule has 1 N–H and O–H groups in total. The normalized spacial score (nSPS) is 11.3. The minimum Gasteiger partial charge on any atom is -0.322 e. The highest BCUT2D eigenvalue weighted by atomic mass is 32.2. The maximum Gasteiger partial charge on any atom is 0.259 e. The molecule has 6 nitrogen and oxygen atoms in total. The summed E-state index contributed by atoms with van der Waals surface area (Å²) in [5.74, 6) is -0.915. The van der Waals surface area contributed by atoms with E-state index in [1.165, 1.54) is 29.1 Å². The van der Waals surface area contributed by atoms with Gasteiger partial charge in [0.15, 0.2) is 9.84 Å². The lowest BCUT2D eigenvalue weighted by Crippen LogP contribution is -2.13. The Labute approximate surface area is 150 Å². The van der Waals surface area contributed by atoms with Crippen LogP contribution in [0.15, 0.2) is 59.6 Å². The highest BCUT2D eigenvalue weighted by Gasteiger charge is 2.17. The SMILES string of the molecule is Cc1c(C(=O)Nc2cccc(S(C)(=O)=O)c2)cnn1-c1ccccc1F. The number of halogens is 1. The number of para-hydroxylation sites is 1. The lowest BCUT2D eigenvalue weighted by Gasteiger charge is -2.08. The van der Waals surface area contributed by atoms with Gasteiger partial charge in [-0.15, -0.1) is 0 Å². The minimum atomic E-state index is -3.38. The van der Waals surface area contributed by atoms with Crippen LogP contribution in [-0.2, 0) is 9.84 Å². The Morgan fingerprint density at radius 3 is 2.58 bits per heavy atom. The van der Waals surface area contributed by atoms with Gasteiger partial charge in [0.1, 0.15) is 11.5 Å². The third-order valence-corrected chi connectivity index (χ3v) is 4.97. The van der Waals surface area contributed by atoms with E-state index in [0.717, 1.165) is 6.26 Å². The van der Waals surface area contributed by atoms with Crippen molar-refractivity contribution >= 4 is 21.4 Å². The van der Waals surface area contributed by atoms with Gasteiger partial charge in [0.25, 0.3) is 5.91 Å². The first-order chi connectivity index (χ1) is 12.3. The molecule has 1 amide bonds. The summed E-state index contributed by atoms with van der Waals surface area (Å²) >= 11 is 0. The van der Waals surface area contributed by atoms with Crippen molar-refractivity contribution in [2.75, 3.05) is 11.6 Å². The highest BCUT2D eigenvalue weighted by molar-refractivity contribution is 7.90. The standard InChI is InChI=1S/C18H16FN3O3S/c1-12-15(11-20-22(12)17-9-4-3-8-16(17)19)18(23)21-13-6-5-7-14(10-13)26(2,24)25/h3-11H,1-2H3,(H,21,23). The van der Waals surface area contributed by atoms with E-state index in [4.69, 9.17) is 0 Å². The molecule has 26 heavy (non-hydrogen) atoms. The zero-order chi connectivity index (χ0) is 18.9. The van der Waals surface area contributed by atoms with E-state index in [2.05, 4.69) is 10.4 Å². The van der Waals surface area contributed by atoms with Gasteiger partial charge in [0, 0.05) is 11.9 Å². The van der Waals surface area contributed by atoms with Crippen molar-refractivity contribution < 1.29 is 17.6 Å². The molecule has 2 aromatic carbocycles. The number of nitrogens with zero attached hydrogens (tertiary/aromatic N) is 2. The van der Waals surface area contributed by atoms with Crippen LogP contribution in [0, 0.1) is 12.7 Å². The van der Waals surface area contributed by atoms with Crippen molar-refractivity contribution in [3.05, 3.63) is 71.8 Å². The van der Waals surface area contributed by atoms with Crippen LogP contribution < -0.4 is 5.32 Å². The molecular formula is C18H16FN3O3S. The number of carbonyl (C=O) groups excluding carboxylic acids is 1. The molecule has 0 unspecified atom stereocenters. The number of carbonyl (C=O) groups is 1. The van der Waals surface area contributed by atoms with E-state index < -0.39 is 21.6 Å². The lowest BCUT2D eigenvalue weighted by molar-refractivity contribution is 0.102. The first-order valence-corrected chi connectivity index (χ1v) is 9.57. The van der Waals surface area contributed by atoms with Crippen LogP contribution in [0.5, 0.6) is 0 Å². The van der Waals surface area contributed by atoms with Gasteiger partial charge in [-0.3, -0.25) is 4.79 Å². The zero-order valence-corrected chi connectivity index (χ0v) is 14.9. The first-order valence-electron chi connectivity index (χ1n) is 7.68. The summed E-state index contributed by atoms with van der Waals surface area (Å²) in [7, 11) is -3.38. The number of hydrogen-bond acceptors (Lipinski definition) is 4. The van der Waals surface area contributed by atoms with Gasteiger partial charge < -0.3 is 5.32 Å². The number of rotatable bonds is 4. The Morgan fingerprint density at radius 2 is 1.88 bits per heavy atom. The molecule has 0 aliphatic heterocycles. The summed E-state index contributed by atoms with van der Waals surface area (Å²) in [4.78, 5) is 12.6. The van der Waals surface area contributed by atoms with Gasteiger partial charge >= 0.3 is 0 Å². The number of nitrogens with one attached hydrogen (secondary N) is 1. The van der Waals surface area contributed by atoms with E-state index in [0.29, 0.717) is 11.4 Å². The quantitative estimate of drug-likeness (QED) is 0.762. The van der Waals surface area contributed by atoms with Crippen LogP contribution in [0.3, 0.4) is 0 Å². The molecule has 3 rings (SSSR count). The summed E-state index contributed by atoms with van der Waals surface area (Å²) in [6, 6.07) is 12.1. The number of amides is 1. The zero-order valence-electron chi connectivity index (χ0n) is 14.1. The van der Waals surface area contributed by atoms with Crippen LogP contribution in [0.1, 0.15) is 16.1 Å². The topological polar surface area (TPSA) is 81.1 Å². The van der Waals surface area contributed by atoms with Crippen LogP contribution in [0.4, 0.5) is 10.1 Å². The Kier molecular flexibility index (Phi) is 4.60. The highest BCUT2D eigenvalue weighted by Crippen LogP contribution is 2.20. The second-order valence-electron chi connectivity index (χ2n) is 5.76. The minimum absolute atomic E-state index is 0.106. The average molecular weight is 373 g/mol. The van der Waals surface area contributed by atoms with Gasteiger partial charge in [-0.05, 0) is 37.3 Å². The molecule has 0 saturated carbocycles. The van der Waals surface area contributed by atoms with Gasteiger partial charge in [-0.25, -0.2) is 17.5 Å². The molecule has 0 bridgehead atoms. The fraction of sp³-hybridized carbons (Fsp3) is 0.111. The molecule has 0 aliphatic rings. The number of benzene rings is 2. The van der Waals surface area contributed by atoms with E-state index in [9.17, 15) is 17.6 Å². The third-order valence-electron chi connectivity index (χ3n) is 3.86. The average Bonchev–Trinajstić information content (AvgIpc) is 2.96.